The van der Waals surface area contributed by atoms with Gasteiger partial charge in [-0.2, -0.15) is 5.10 Å². The molecule has 0 radical (unpaired) electrons. The standard InChI is InChI=1S/C22H33N3O5/c1-15-11-16-13-23-25(20-7-5-6-10-29-20)18(16)12-17(15)19(27)14-24(8-9-26)21(28)30-22(2,3)4/h11-13,19-20,26-27H,5-10,14H2,1-4H3. The van der Waals surface area contributed by atoms with Crippen molar-refractivity contribution in [1.29, 1.82) is 0 Å². The number of benzene rings is 1. The van der Waals surface area contributed by atoms with E-state index in [9.17, 15) is 15.0 Å². The first-order valence-corrected chi connectivity index (χ1v) is 10.6. The summed E-state index contributed by atoms with van der Waals surface area (Å²) in [6.45, 7) is 7.89. The van der Waals surface area contributed by atoms with Crippen LogP contribution in [0.1, 0.15) is 63.5 Å². The number of aliphatic hydroxyl groups excluding tert-OH is 2. The van der Waals surface area contributed by atoms with Gasteiger partial charge in [0.25, 0.3) is 0 Å². The first-order valence-electron chi connectivity index (χ1n) is 10.6. The number of aliphatic hydroxyl groups is 2. The van der Waals surface area contributed by atoms with Crippen molar-refractivity contribution in [2.45, 2.75) is 64.9 Å². The van der Waals surface area contributed by atoms with Gasteiger partial charge in [0.2, 0.25) is 0 Å². The molecule has 8 heteroatoms. The van der Waals surface area contributed by atoms with E-state index in [0.29, 0.717) is 5.56 Å². The minimum Gasteiger partial charge on any atom is -0.444 e. The van der Waals surface area contributed by atoms with Crippen LogP contribution in [-0.2, 0) is 9.47 Å². The van der Waals surface area contributed by atoms with Crippen molar-refractivity contribution in [2.24, 2.45) is 0 Å². The molecule has 8 nitrogen and oxygen atoms in total. The highest BCUT2D eigenvalue weighted by molar-refractivity contribution is 5.80. The third kappa shape index (κ3) is 5.30. The summed E-state index contributed by atoms with van der Waals surface area (Å²) in [6, 6.07) is 3.91. The smallest absolute Gasteiger partial charge is 0.410 e. The van der Waals surface area contributed by atoms with Crippen molar-refractivity contribution >= 4 is 17.0 Å². The number of carbonyl (C=O) groups excluding carboxylic acids is 1. The first kappa shape index (κ1) is 22.5. The Morgan fingerprint density at radius 3 is 2.80 bits per heavy atom. The number of aryl methyl sites for hydroxylation is 1. The van der Waals surface area contributed by atoms with Crippen LogP contribution in [0, 0.1) is 6.92 Å². The Bertz CT molecular complexity index is 868. The molecule has 2 N–H and O–H groups in total. The minimum absolute atomic E-state index is 0.0237. The summed E-state index contributed by atoms with van der Waals surface area (Å²) >= 11 is 0. The van der Waals surface area contributed by atoms with E-state index in [1.807, 2.05) is 29.9 Å². The lowest BCUT2D eigenvalue weighted by Crippen LogP contribution is -2.40. The summed E-state index contributed by atoms with van der Waals surface area (Å²) in [5.74, 6) is 0. The number of aromatic nitrogens is 2. The molecule has 1 aromatic heterocycles. The highest BCUT2D eigenvalue weighted by atomic mass is 16.6. The fourth-order valence-corrected chi connectivity index (χ4v) is 3.74. The molecule has 1 saturated heterocycles. The molecule has 1 aliphatic heterocycles. The average molecular weight is 420 g/mol. The number of fused-ring (bicyclic) bond motifs is 1. The average Bonchev–Trinajstić information content (AvgIpc) is 3.08. The fourth-order valence-electron chi connectivity index (χ4n) is 3.74. The molecule has 1 aromatic carbocycles. The molecule has 2 aromatic rings. The molecule has 2 atom stereocenters. The monoisotopic (exact) mass is 419 g/mol. The highest BCUT2D eigenvalue weighted by Gasteiger charge is 2.26. The van der Waals surface area contributed by atoms with Crippen molar-refractivity contribution in [3.63, 3.8) is 0 Å². The summed E-state index contributed by atoms with van der Waals surface area (Å²) < 4.78 is 13.2. The summed E-state index contributed by atoms with van der Waals surface area (Å²) in [5.41, 5.74) is 1.86. The van der Waals surface area contributed by atoms with Crippen LogP contribution >= 0.6 is 0 Å². The van der Waals surface area contributed by atoms with Gasteiger partial charge in [0, 0.05) is 18.5 Å². The van der Waals surface area contributed by atoms with Gasteiger partial charge in [-0.3, -0.25) is 0 Å². The zero-order chi connectivity index (χ0) is 21.9. The van der Waals surface area contributed by atoms with Gasteiger partial charge < -0.3 is 24.6 Å². The second kappa shape index (κ2) is 9.32. The highest BCUT2D eigenvalue weighted by Crippen LogP contribution is 2.30. The lowest BCUT2D eigenvalue weighted by Gasteiger charge is -2.29. The van der Waals surface area contributed by atoms with Crippen molar-refractivity contribution < 1.29 is 24.5 Å². The van der Waals surface area contributed by atoms with E-state index in [0.717, 1.165) is 42.3 Å². The van der Waals surface area contributed by atoms with Gasteiger partial charge in [-0.05, 0) is 70.2 Å². The van der Waals surface area contributed by atoms with E-state index >= 15 is 0 Å². The van der Waals surface area contributed by atoms with Gasteiger partial charge >= 0.3 is 6.09 Å². The largest absolute Gasteiger partial charge is 0.444 e. The maximum absolute atomic E-state index is 12.5. The van der Waals surface area contributed by atoms with Crippen LogP contribution in [0.25, 0.3) is 10.9 Å². The summed E-state index contributed by atoms with van der Waals surface area (Å²) in [6.07, 6.45) is 3.29. The number of amides is 1. The van der Waals surface area contributed by atoms with E-state index in [2.05, 4.69) is 5.10 Å². The third-order valence-electron chi connectivity index (χ3n) is 5.19. The Hall–Kier alpha value is -2.16. The first-order chi connectivity index (χ1) is 14.2. The van der Waals surface area contributed by atoms with E-state index in [4.69, 9.17) is 9.47 Å². The molecule has 2 unspecified atom stereocenters. The molecule has 166 valence electrons. The SMILES string of the molecule is Cc1cc2cnn(C3CCCCO3)c2cc1C(O)CN(CCO)C(=O)OC(C)(C)C. The molecule has 0 aliphatic carbocycles. The summed E-state index contributed by atoms with van der Waals surface area (Å²) in [4.78, 5) is 13.8. The van der Waals surface area contributed by atoms with Gasteiger partial charge in [-0.15, -0.1) is 0 Å². The Balaban J connectivity index is 1.84. The molecule has 30 heavy (non-hydrogen) atoms. The van der Waals surface area contributed by atoms with E-state index in [1.54, 1.807) is 20.8 Å². The number of nitrogens with zero attached hydrogens (tertiary/aromatic N) is 3. The quantitative estimate of drug-likeness (QED) is 0.746. The predicted molar refractivity (Wildman–Crippen MR) is 113 cm³/mol. The number of hydrogen-bond acceptors (Lipinski definition) is 6. The second-order valence-corrected chi connectivity index (χ2v) is 8.84. The van der Waals surface area contributed by atoms with Gasteiger partial charge in [-0.1, -0.05) is 0 Å². The lowest BCUT2D eigenvalue weighted by atomic mass is 10.0. The predicted octanol–water partition coefficient (Wildman–Crippen LogP) is 3.31. The van der Waals surface area contributed by atoms with Crippen LogP contribution in [0.2, 0.25) is 0 Å². The Labute approximate surface area is 177 Å². The van der Waals surface area contributed by atoms with Gasteiger partial charge in [0.05, 0.1) is 31.0 Å². The lowest BCUT2D eigenvalue weighted by molar-refractivity contribution is -0.0367. The molecule has 0 saturated carbocycles. The molecule has 1 fully saturated rings. The zero-order valence-corrected chi connectivity index (χ0v) is 18.3. The van der Waals surface area contributed by atoms with Gasteiger partial charge in [0.15, 0.2) is 6.23 Å². The van der Waals surface area contributed by atoms with Crippen molar-refractivity contribution in [3.8, 4) is 0 Å². The molecular weight excluding hydrogens is 386 g/mol. The maximum Gasteiger partial charge on any atom is 0.410 e. The maximum atomic E-state index is 12.5. The number of ether oxygens (including phenoxy) is 2. The van der Waals surface area contributed by atoms with E-state index in [1.165, 1.54) is 4.90 Å². The van der Waals surface area contributed by atoms with Gasteiger partial charge in [0.1, 0.15) is 5.60 Å². The fraction of sp³-hybridized carbons (Fsp3) is 0.636. The van der Waals surface area contributed by atoms with Crippen molar-refractivity contribution in [2.75, 3.05) is 26.3 Å². The molecule has 0 bridgehead atoms. The van der Waals surface area contributed by atoms with Crippen LogP contribution in [-0.4, -0.2) is 62.9 Å². The number of hydrogen-bond donors (Lipinski definition) is 2. The molecule has 3 rings (SSSR count). The van der Waals surface area contributed by atoms with E-state index in [-0.39, 0.29) is 25.9 Å². The van der Waals surface area contributed by atoms with Crippen LogP contribution in [0.5, 0.6) is 0 Å². The topological polar surface area (TPSA) is 97.0 Å². The second-order valence-electron chi connectivity index (χ2n) is 8.84. The molecule has 1 aliphatic rings. The molecule has 0 spiro atoms. The van der Waals surface area contributed by atoms with Crippen molar-refractivity contribution in [3.05, 3.63) is 29.5 Å². The molecule has 2 heterocycles. The van der Waals surface area contributed by atoms with Crippen LogP contribution in [0.15, 0.2) is 18.3 Å². The normalized spacial score (nSPS) is 18.4. The number of carbonyl (C=O) groups is 1. The van der Waals surface area contributed by atoms with Gasteiger partial charge in [-0.25, -0.2) is 9.48 Å². The van der Waals surface area contributed by atoms with Crippen LogP contribution < -0.4 is 0 Å². The third-order valence-corrected chi connectivity index (χ3v) is 5.19. The zero-order valence-electron chi connectivity index (χ0n) is 18.3. The number of rotatable bonds is 6. The van der Waals surface area contributed by atoms with Crippen molar-refractivity contribution in [1.82, 2.24) is 14.7 Å². The van der Waals surface area contributed by atoms with E-state index < -0.39 is 17.8 Å². The molecule has 1 amide bonds. The Morgan fingerprint density at radius 2 is 2.17 bits per heavy atom. The summed E-state index contributed by atoms with van der Waals surface area (Å²) in [7, 11) is 0. The molecular formula is C22H33N3O5. The minimum atomic E-state index is -0.927. The Morgan fingerprint density at radius 1 is 1.40 bits per heavy atom. The Kier molecular flexibility index (Phi) is 7.00. The summed E-state index contributed by atoms with van der Waals surface area (Å²) in [5, 5.41) is 25.8. The van der Waals surface area contributed by atoms with Crippen LogP contribution in [0.4, 0.5) is 4.79 Å². The van der Waals surface area contributed by atoms with Crippen LogP contribution in [0.3, 0.4) is 0 Å².